The summed E-state index contributed by atoms with van der Waals surface area (Å²) in [5.74, 6) is 0. The maximum absolute atomic E-state index is 3.60. The number of likely N-dealkylation sites (N-methyl/N-ethyl adjacent to an activating group) is 1. The molecule has 0 amide bonds. The molecule has 0 saturated carbocycles. The summed E-state index contributed by atoms with van der Waals surface area (Å²) in [6.45, 7) is 1.16. The fraction of sp³-hybridized carbons (Fsp3) is 0.429. The van der Waals surface area contributed by atoms with E-state index in [1.54, 1.807) is 0 Å². The number of thiophene rings is 1. The molecule has 1 saturated heterocycles. The molecule has 3 rings (SSSR count). The van der Waals surface area contributed by atoms with Gasteiger partial charge in [0.2, 0.25) is 0 Å². The van der Waals surface area contributed by atoms with Gasteiger partial charge in [-0.05, 0) is 48.8 Å². The highest BCUT2D eigenvalue weighted by atomic mass is 32.1. The Labute approximate surface area is 106 Å². The average Bonchev–Trinajstić information content (AvgIpc) is 3.01. The van der Waals surface area contributed by atoms with Gasteiger partial charge >= 0.3 is 0 Å². The second-order valence-corrected chi connectivity index (χ2v) is 5.57. The molecule has 2 nitrogen and oxygen atoms in total. The van der Waals surface area contributed by atoms with E-state index in [0.717, 1.165) is 6.54 Å². The standard InChI is InChI=1S/C14H18N2S/c1-15-14(12-6-4-8-16-12)11-9-17-13-7-3-2-5-10(11)13/h2-3,5,7,9,12,14-16H,4,6,8H2,1H3. The van der Waals surface area contributed by atoms with Crippen molar-refractivity contribution < 1.29 is 0 Å². The first kappa shape index (κ1) is 11.2. The molecule has 0 spiro atoms. The Morgan fingerprint density at radius 3 is 3.06 bits per heavy atom. The lowest BCUT2D eigenvalue weighted by atomic mass is 9.98. The van der Waals surface area contributed by atoms with Crippen molar-refractivity contribution in [3.63, 3.8) is 0 Å². The van der Waals surface area contributed by atoms with E-state index in [9.17, 15) is 0 Å². The molecule has 2 unspecified atom stereocenters. The molecule has 90 valence electrons. The van der Waals surface area contributed by atoms with E-state index in [2.05, 4.69) is 47.3 Å². The fourth-order valence-corrected chi connectivity index (χ4v) is 3.81. The lowest BCUT2D eigenvalue weighted by Crippen LogP contribution is -2.36. The summed E-state index contributed by atoms with van der Waals surface area (Å²) in [6.07, 6.45) is 2.57. The van der Waals surface area contributed by atoms with Gasteiger partial charge in [-0.2, -0.15) is 0 Å². The van der Waals surface area contributed by atoms with Crippen LogP contribution in [-0.4, -0.2) is 19.6 Å². The van der Waals surface area contributed by atoms with Gasteiger partial charge in [0.1, 0.15) is 0 Å². The van der Waals surface area contributed by atoms with E-state index in [-0.39, 0.29) is 0 Å². The van der Waals surface area contributed by atoms with E-state index < -0.39 is 0 Å². The second-order valence-electron chi connectivity index (χ2n) is 4.66. The van der Waals surface area contributed by atoms with Crippen molar-refractivity contribution >= 4 is 21.4 Å². The zero-order valence-corrected chi connectivity index (χ0v) is 10.9. The smallest absolute Gasteiger partial charge is 0.0487 e. The van der Waals surface area contributed by atoms with Crippen molar-refractivity contribution in [2.45, 2.75) is 24.9 Å². The predicted molar refractivity (Wildman–Crippen MR) is 74.7 cm³/mol. The maximum Gasteiger partial charge on any atom is 0.0487 e. The molecular weight excluding hydrogens is 228 g/mol. The Morgan fingerprint density at radius 1 is 1.41 bits per heavy atom. The van der Waals surface area contributed by atoms with Gasteiger partial charge in [-0.15, -0.1) is 11.3 Å². The van der Waals surface area contributed by atoms with Gasteiger partial charge < -0.3 is 10.6 Å². The summed E-state index contributed by atoms with van der Waals surface area (Å²) in [4.78, 5) is 0. The van der Waals surface area contributed by atoms with Crippen LogP contribution in [0.2, 0.25) is 0 Å². The van der Waals surface area contributed by atoms with Gasteiger partial charge in [0.25, 0.3) is 0 Å². The molecule has 1 aliphatic rings. The summed E-state index contributed by atoms with van der Waals surface area (Å²) in [6, 6.07) is 9.71. The molecule has 2 atom stereocenters. The van der Waals surface area contributed by atoms with Crippen LogP contribution >= 0.6 is 11.3 Å². The zero-order chi connectivity index (χ0) is 11.7. The van der Waals surface area contributed by atoms with Crippen molar-refractivity contribution in [3.8, 4) is 0 Å². The summed E-state index contributed by atoms with van der Waals surface area (Å²) in [5.41, 5.74) is 1.45. The van der Waals surface area contributed by atoms with Gasteiger partial charge in [-0.25, -0.2) is 0 Å². The van der Waals surface area contributed by atoms with Gasteiger partial charge in [0.05, 0.1) is 0 Å². The third-order valence-electron chi connectivity index (χ3n) is 3.66. The minimum Gasteiger partial charge on any atom is -0.312 e. The van der Waals surface area contributed by atoms with Crippen LogP contribution in [-0.2, 0) is 0 Å². The Kier molecular flexibility index (Phi) is 3.14. The number of hydrogen-bond acceptors (Lipinski definition) is 3. The first-order chi connectivity index (χ1) is 8.40. The first-order valence-electron chi connectivity index (χ1n) is 6.27. The summed E-state index contributed by atoms with van der Waals surface area (Å²) < 4.78 is 1.39. The van der Waals surface area contributed by atoms with Crippen LogP contribution in [0.25, 0.3) is 10.1 Å². The number of nitrogens with one attached hydrogen (secondary N) is 2. The average molecular weight is 246 g/mol. The molecule has 1 aromatic heterocycles. The molecule has 2 N–H and O–H groups in total. The molecule has 3 heteroatoms. The van der Waals surface area contributed by atoms with Crippen LogP contribution < -0.4 is 10.6 Å². The highest BCUT2D eigenvalue weighted by molar-refractivity contribution is 7.17. The van der Waals surface area contributed by atoms with Gasteiger partial charge in [-0.1, -0.05) is 18.2 Å². The van der Waals surface area contributed by atoms with E-state index in [1.807, 2.05) is 11.3 Å². The van der Waals surface area contributed by atoms with Crippen LogP contribution in [0.5, 0.6) is 0 Å². The summed E-state index contributed by atoms with van der Waals surface area (Å²) >= 11 is 1.85. The summed E-state index contributed by atoms with van der Waals surface area (Å²) in [5, 5.41) is 10.8. The van der Waals surface area contributed by atoms with Crippen LogP contribution in [0, 0.1) is 0 Å². The summed E-state index contributed by atoms with van der Waals surface area (Å²) in [7, 11) is 2.07. The van der Waals surface area contributed by atoms with Gasteiger partial charge in [-0.3, -0.25) is 0 Å². The van der Waals surface area contributed by atoms with Crippen molar-refractivity contribution in [3.05, 3.63) is 35.2 Å². The minimum atomic E-state index is 0.439. The fourth-order valence-electron chi connectivity index (χ4n) is 2.81. The Hall–Kier alpha value is -0.900. The number of fused-ring (bicyclic) bond motifs is 1. The van der Waals surface area contributed by atoms with Gasteiger partial charge in [0.15, 0.2) is 0 Å². The predicted octanol–water partition coefficient (Wildman–Crippen LogP) is 2.91. The van der Waals surface area contributed by atoms with Crippen molar-refractivity contribution in [1.82, 2.24) is 10.6 Å². The minimum absolute atomic E-state index is 0.439. The van der Waals surface area contributed by atoms with Crippen LogP contribution in [0.4, 0.5) is 0 Å². The molecule has 2 aromatic rings. The zero-order valence-electron chi connectivity index (χ0n) is 10.1. The molecule has 0 radical (unpaired) electrons. The molecular formula is C14H18N2S. The van der Waals surface area contributed by atoms with Crippen molar-refractivity contribution in [1.29, 1.82) is 0 Å². The quantitative estimate of drug-likeness (QED) is 0.870. The Morgan fingerprint density at radius 2 is 2.29 bits per heavy atom. The molecule has 1 fully saturated rings. The molecule has 0 bridgehead atoms. The highest BCUT2D eigenvalue weighted by Crippen LogP contribution is 2.33. The highest BCUT2D eigenvalue weighted by Gasteiger charge is 2.26. The van der Waals surface area contributed by atoms with Crippen LogP contribution in [0.1, 0.15) is 24.4 Å². The Balaban J connectivity index is 2.00. The molecule has 1 aliphatic heterocycles. The van der Waals surface area contributed by atoms with Crippen LogP contribution in [0.15, 0.2) is 29.6 Å². The topological polar surface area (TPSA) is 24.1 Å². The van der Waals surface area contributed by atoms with Crippen molar-refractivity contribution in [2.75, 3.05) is 13.6 Å². The largest absolute Gasteiger partial charge is 0.312 e. The monoisotopic (exact) mass is 246 g/mol. The van der Waals surface area contributed by atoms with E-state index >= 15 is 0 Å². The SMILES string of the molecule is CNC(c1csc2ccccc12)C1CCCN1. The van der Waals surface area contributed by atoms with Crippen LogP contribution in [0.3, 0.4) is 0 Å². The molecule has 17 heavy (non-hydrogen) atoms. The lowest BCUT2D eigenvalue weighted by Gasteiger charge is -2.23. The lowest BCUT2D eigenvalue weighted by molar-refractivity contribution is 0.443. The number of rotatable bonds is 3. The van der Waals surface area contributed by atoms with E-state index in [1.165, 1.54) is 28.5 Å². The third kappa shape index (κ3) is 1.99. The maximum atomic E-state index is 3.60. The number of benzene rings is 1. The van der Waals surface area contributed by atoms with Gasteiger partial charge in [0, 0.05) is 16.8 Å². The van der Waals surface area contributed by atoms with E-state index in [4.69, 9.17) is 0 Å². The molecule has 0 aliphatic carbocycles. The van der Waals surface area contributed by atoms with E-state index in [0.29, 0.717) is 12.1 Å². The van der Waals surface area contributed by atoms with Crippen molar-refractivity contribution in [2.24, 2.45) is 0 Å². The Bertz CT molecular complexity index is 500. The molecule has 1 aromatic carbocycles. The third-order valence-corrected chi connectivity index (χ3v) is 4.64. The second kappa shape index (κ2) is 4.77. The first-order valence-corrected chi connectivity index (χ1v) is 7.15. The normalized spacial score (nSPS) is 22.1. The number of hydrogen-bond donors (Lipinski definition) is 2. The molecule has 2 heterocycles.